The lowest BCUT2D eigenvalue weighted by Crippen LogP contribution is -2.37. The van der Waals surface area contributed by atoms with Gasteiger partial charge in [-0.15, -0.1) is 0 Å². The zero-order valence-corrected chi connectivity index (χ0v) is 17.6. The van der Waals surface area contributed by atoms with E-state index in [0.717, 1.165) is 18.2 Å². The summed E-state index contributed by atoms with van der Waals surface area (Å²) in [4.78, 5) is 3.83. The van der Waals surface area contributed by atoms with Crippen LogP contribution in [0.3, 0.4) is 0 Å². The van der Waals surface area contributed by atoms with Gasteiger partial charge in [0.15, 0.2) is 11.5 Å². The lowest BCUT2D eigenvalue weighted by molar-refractivity contribution is -0.106. The summed E-state index contributed by atoms with van der Waals surface area (Å²) in [5.41, 5.74) is -2.36. The van der Waals surface area contributed by atoms with Gasteiger partial charge < -0.3 is 4.74 Å². The highest BCUT2D eigenvalue weighted by atomic mass is 32.2. The van der Waals surface area contributed by atoms with E-state index in [1.165, 1.54) is 48.8 Å². The highest BCUT2D eigenvalue weighted by Crippen LogP contribution is 2.34. The number of rotatable bonds is 7. The lowest BCUT2D eigenvalue weighted by Gasteiger charge is -2.25. The number of benzene rings is 1. The number of aromatic nitrogens is 1. The molecule has 1 aliphatic carbocycles. The van der Waals surface area contributed by atoms with E-state index in [-0.39, 0.29) is 11.4 Å². The molecule has 0 fully saturated rings. The molecule has 0 saturated heterocycles. The monoisotopic (exact) mass is 485 g/mol. The molecule has 1 atom stereocenters. The van der Waals surface area contributed by atoms with Gasteiger partial charge in [0, 0.05) is 18.5 Å². The van der Waals surface area contributed by atoms with E-state index in [0.29, 0.717) is 9.87 Å². The van der Waals surface area contributed by atoms with E-state index in [9.17, 15) is 30.4 Å². The second kappa shape index (κ2) is 9.19. The fourth-order valence-corrected chi connectivity index (χ4v) is 4.31. The van der Waals surface area contributed by atoms with Gasteiger partial charge in [-0.2, -0.15) is 18.4 Å². The van der Waals surface area contributed by atoms with Gasteiger partial charge in [0.25, 0.3) is 0 Å². The van der Waals surface area contributed by atoms with Crippen molar-refractivity contribution in [3.8, 4) is 11.8 Å². The van der Waals surface area contributed by atoms with E-state index in [4.69, 9.17) is 10.00 Å². The number of sulfonamides is 1. The van der Waals surface area contributed by atoms with E-state index < -0.39 is 52.2 Å². The van der Waals surface area contributed by atoms with Crippen molar-refractivity contribution in [1.29, 1.82) is 5.26 Å². The fourth-order valence-electron chi connectivity index (χ4n) is 2.96. The predicted molar refractivity (Wildman–Crippen MR) is 109 cm³/mol. The lowest BCUT2D eigenvalue weighted by atomic mass is 9.97. The third kappa shape index (κ3) is 6.29. The van der Waals surface area contributed by atoms with Crippen LogP contribution >= 0.6 is 0 Å². The molecule has 0 amide bonds. The second-order valence-corrected chi connectivity index (χ2v) is 8.99. The molecule has 0 bridgehead atoms. The summed E-state index contributed by atoms with van der Waals surface area (Å²) in [5, 5.41) is 8.77. The Kier molecular flexibility index (Phi) is 6.73. The molecule has 6 nitrogen and oxygen atoms in total. The van der Waals surface area contributed by atoms with Crippen LogP contribution in [0.15, 0.2) is 72.5 Å². The number of hydrogen-bond acceptors (Lipinski definition) is 5. The molecule has 1 heterocycles. The molecular weight excluding hydrogens is 469 g/mol. The van der Waals surface area contributed by atoms with Crippen LogP contribution in [0.2, 0.25) is 0 Å². The standard InChI is InChI=1S/C21H16F5N3O3S/c22-18-10-20(23,13-27)7-6-19(18)32-17-5-1-4-16(9-17)29(12-15-3-2-8-28-11-15)33(30,31)14-21(24,25)26/h1-9,11H,10,12,14H2. The fraction of sp³-hybridized carbons (Fsp3) is 0.238. The summed E-state index contributed by atoms with van der Waals surface area (Å²) >= 11 is 0. The van der Waals surface area contributed by atoms with Crippen LogP contribution in [-0.4, -0.2) is 31.0 Å². The van der Waals surface area contributed by atoms with Gasteiger partial charge in [0.2, 0.25) is 15.7 Å². The molecule has 0 spiro atoms. The molecule has 3 rings (SSSR count). The minimum Gasteiger partial charge on any atom is -0.455 e. The minimum absolute atomic E-state index is 0.107. The Labute approximate surface area is 186 Å². The first-order valence-corrected chi connectivity index (χ1v) is 10.9. The maximum absolute atomic E-state index is 14.2. The zero-order valence-electron chi connectivity index (χ0n) is 16.8. The average Bonchev–Trinajstić information content (AvgIpc) is 2.73. The average molecular weight is 485 g/mol. The highest BCUT2D eigenvalue weighted by molar-refractivity contribution is 7.92. The van der Waals surface area contributed by atoms with Crippen LogP contribution in [0.1, 0.15) is 12.0 Å². The van der Waals surface area contributed by atoms with Crippen molar-refractivity contribution < 1.29 is 35.1 Å². The second-order valence-electron chi connectivity index (χ2n) is 7.09. The van der Waals surface area contributed by atoms with Crippen LogP contribution < -0.4 is 9.04 Å². The molecule has 1 aliphatic rings. The van der Waals surface area contributed by atoms with Crippen molar-refractivity contribution in [2.75, 3.05) is 10.1 Å². The van der Waals surface area contributed by atoms with Crippen molar-refractivity contribution in [3.05, 3.63) is 78.1 Å². The Morgan fingerprint density at radius 1 is 1.24 bits per heavy atom. The normalized spacial score (nSPS) is 18.7. The smallest absolute Gasteiger partial charge is 0.404 e. The number of hydrogen-bond donors (Lipinski definition) is 0. The molecule has 1 aromatic heterocycles. The third-order valence-corrected chi connectivity index (χ3v) is 6.13. The number of ether oxygens (including phenoxy) is 1. The van der Waals surface area contributed by atoms with Gasteiger partial charge in [-0.25, -0.2) is 17.2 Å². The van der Waals surface area contributed by atoms with Crippen molar-refractivity contribution in [2.45, 2.75) is 24.8 Å². The van der Waals surface area contributed by atoms with E-state index in [1.807, 2.05) is 0 Å². The van der Waals surface area contributed by atoms with E-state index in [2.05, 4.69) is 4.98 Å². The van der Waals surface area contributed by atoms with Crippen LogP contribution in [-0.2, 0) is 16.6 Å². The van der Waals surface area contributed by atoms with Gasteiger partial charge in [0.05, 0.1) is 18.7 Å². The van der Waals surface area contributed by atoms with Crippen LogP contribution in [0.4, 0.5) is 27.6 Å². The van der Waals surface area contributed by atoms with Crippen molar-refractivity contribution in [2.24, 2.45) is 0 Å². The Bertz CT molecular complexity index is 1220. The van der Waals surface area contributed by atoms with Crippen LogP contribution in [0.5, 0.6) is 5.75 Å². The molecule has 12 heteroatoms. The number of halogens is 5. The van der Waals surface area contributed by atoms with Crippen LogP contribution in [0, 0.1) is 11.3 Å². The first kappa shape index (κ1) is 24.2. The molecule has 33 heavy (non-hydrogen) atoms. The number of pyridine rings is 1. The summed E-state index contributed by atoms with van der Waals surface area (Å²) < 4.78 is 98.1. The molecule has 0 N–H and O–H groups in total. The maximum Gasteiger partial charge on any atom is 0.404 e. The van der Waals surface area contributed by atoms with Gasteiger partial charge >= 0.3 is 6.18 Å². The molecule has 0 radical (unpaired) electrons. The quantitative estimate of drug-likeness (QED) is 0.530. The Morgan fingerprint density at radius 2 is 2.00 bits per heavy atom. The van der Waals surface area contributed by atoms with Gasteiger partial charge in [-0.1, -0.05) is 12.1 Å². The SMILES string of the molecule is N#CC1(F)C=CC(Oc2cccc(N(Cc3cccnc3)S(=O)(=O)CC(F)(F)F)c2)=C(F)C1. The van der Waals surface area contributed by atoms with Crippen LogP contribution in [0.25, 0.3) is 0 Å². The summed E-state index contributed by atoms with van der Waals surface area (Å²) in [6.07, 6.45) is -1.39. The molecule has 2 aromatic rings. The molecule has 0 aliphatic heterocycles. The molecule has 174 valence electrons. The number of anilines is 1. The van der Waals surface area contributed by atoms with Crippen molar-refractivity contribution >= 4 is 15.7 Å². The summed E-state index contributed by atoms with van der Waals surface area (Å²) in [7, 11) is -4.87. The topological polar surface area (TPSA) is 83.3 Å². The number of nitriles is 1. The first-order valence-electron chi connectivity index (χ1n) is 9.33. The number of allylic oxidation sites excluding steroid dienone is 3. The summed E-state index contributed by atoms with van der Waals surface area (Å²) in [5.74, 6) is -3.67. The summed E-state index contributed by atoms with van der Waals surface area (Å²) in [6, 6.07) is 9.31. The largest absolute Gasteiger partial charge is 0.455 e. The molecular formula is C21H16F5N3O3S. The van der Waals surface area contributed by atoms with Gasteiger partial charge in [-0.3, -0.25) is 9.29 Å². The Balaban J connectivity index is 1.94. The number of alkyl halides is 4. The van der Waals surface area contributed by atoms with Gasteiger partial charge in [0.1, 0.15) is 17.6 Å². The van der Waals surface area contributed by atoms with E-state index in [1.54, 1.807) is 0 Å². The molecule has 1 aromatic carbocycles. The maximum atomic E-state index is 14.2. The van der Waals surface area contributed by atoms with Crippen molar-refractivity contribution in [3.63, 3.8) is 0 Å². The first-order chi connectivity index (χ1) is 15.4. The minimum atomic E-state index is -4.99. The number of nitrogens with zero attached hydrogens (tertiary/aromatic N) is 3. The predicted octanol–water partition coefficient (Wildman–Crippen LogP) is 4.73. The van der Waals surface area contributed by atoms with E-state index >= 15 is 0 Å². The van der Waals surface area contributed by atoms with Crippen molar-refractivity contribution in [1.82, 2.24) is 4.98 Å². The Morgan fingerprint density at radius 3 is 2.61 bits per heavy atom. The molecule has 1 unspecified atom stereocenters. The zero-order chi connectivity index (χ0) is 24.3. The third-order valence-electron chi connectivity index (χ3n) is 4.43. The Hall–Kier alpha value is -3.46. The summed E-state index contributed by atoms with van der Waals surface area (Å²) in [6.45, 7) is -0.445. The van der Waals surface area contributed by atoms with Gasteiger partial charge in [-0.05, 0) is 35.9 Å². The molecule has 0 saturated carbocycles. The highest BCUT2D eigenvalue weighted by Gasteiger charge is 2.39.